The van der Waals surface area contributed by atoms with Gasteiger partial charge in [-0.15, -0.1) is 11.8 Å². The molecule has 1 fully saturated rings. The van der Waals surface area contributed by atoms with E-state index in [2.05, 4.69) is 54.6 Å². The normalized spacial score (nSPS) is 23.6. The van der Waals surface area contributed by atoms with E-state index in [9.17, 15) is 0 Å². The minimum Gasteiger partial charge on any atom is -0.369 e. The molecule has 1 aliphatic heterocycles. The van der Waals surface area contributed by atoms with Gasteiger partial charge in [0.05, 0.1) is 0 Å². The fourth-order valence-corrected chi connectivity index (χ4v) is 3.27. The molecule has 1 heterocycles. The minimum atomic E-state index is 0.628. The summed E-state index contributed by atoms with van der Waals surface area (Å²) in [7, 11) is 0. The Morgan fingerprint density at radius 3 is 2.63 bits per heavy atom. The zero-order valence-corrected chi connectivity index (χ0v) is 13.2. The fourth-order valence-electron chi connectivity index (χ4n) is 2.86. The third kappa shape index (κ3) is 3.90. The van der Waals surface area contributed by atoms with Crippen LogP contribution < -0.4 is 10.2 Å². The van der Waals surface area contributed by atoms with Gasteiger partial charge in [0.2, 0.25) is 0 Å². The van der Waals surface area contributed by atoms with E-state index in [-0.39, 0.29) is 0 Å². The molecular weight excluding hydrogens is 252 g/mol. The van der Waals surface area contributed by atoms with E-state index in [0.29, 0.717) is 12.1 Å². The lowest BCUT2D eigenvalue weighted by molar-refractivity contribution is 0.369. The van der Waals surface area contributed by atoms with E-state index < -0.39 is 0 Å². The van der Waals surface area contributed by atoms with Crippen LogP contribution in [-0.4, -0.2) is 31.4 Å². The third-order valence-electron chi connectivity index (χ3n) is 3.96. The lowest BCUT2D eigenvalue weighted by atomic mass is 9.97. The largest absolute Gasteiger partial charge is 0.369 e. The van der Waals surface area contributed by atoms with Crippen LogP contribution in [0, 0.1) is 0 Å². The first-order valence-electron chi connectivity index (χ1n) is 7.38. The molecule has 1 N–H and O–H groups in total. The van der Waals surface area contributed by atoms with Crippen molar-refractivity contribution >= 4 is 17.4 Å². The molecule has 1 aliphatic rings. The van der Waals surface area contributed by atoms with E-state index in [1.54, 1.807) is 11.8 Å². The first-order valence-corrected chi connectivity index (χ1v) is 8.61. The maximum atomic E-state index is 3.66. The number of benzene rings is 1. The highest BCUT2D eigenvalue weighted by atomic mass is 32.2. The molecule has 0 bridgehead atoms. The fraction of sp³-hybridized carbons (Fsp3) is 0.625. The molecule has 2 atom stereocenters. The number of hydrogen-bond donors (Lipinski definition) is 1. The van der Waals surface area contributed by atoms with Crippen LogP contribution in [0.3, 0.4) is 0 Å². The van der Waals surface area contributed by atoms with Crippen LogP contribution in [0.4, 0.5) is 5.69 Å². The van der Waals surface area contributed by atoms with Crippen molar-refractivity contribution in [1.82, 2.24) is 5.32 Å². The van der Waals surface area contributed by atoms with Gasteiger partial charge in [0.1, 0.15) is 0 Å². The van der Waals surface area contributed by atoms with Crippen LogP contribution in [0.2, 0.25) is 0 Å². The molecule has 0 aliphatic carbocycles. The zero-order valence-electron chi connectivity index (χ0n) is 12.4. The zero-order chi connectivity index (χ0) is 13.7. The van der Waals surface area contributed by atoms with Gasteiger partial charge in [0.15, 0.2) is 0 Å². The second kappa shape index (κ2) is 7.20. The Bertz CT molecular complexity index is 377. The Morgan fingerprint density at radius 2 is 2.05 bits per heavy atom. The number of thioether (sulfide) groups is 1. The monoisotopic (exact) mass is 278 g/mol. The number of nitrogens with one attached hydrogen (secondary N) is 1. The highest BCUT2D eigenvalue weighted by Gasteiger charge is 2.24. The number of hydrogen-bond acceptors (Lipinski definition) is 3. The van der Waals surface area contributed by atoms with E-state index >= 15 is 0 Å². The number of anilines is 1. The van der Waals surface area contributed by atoms with E-state index in [4.69, 9.17) is 0 Å². The van der Waals surface area contributed by atoms with Gasteiger partial charge in [-0.1, -0.05) is 6.92 Å². The lowest BCUT2D eigenvalue weighted by Crippen LogP contribution is -2.47. The molecule has 0 amide bonds. The predicted molar refractivity (Wildman–Crippen MR) is 86.3 cm³/mol. The van der Waals surface area contributed by atoms with Gasteiger partial charge in [0, 0.05) is 29.2 Å². The van der Waals surface area contributed by atoms with Crippen molar-refractivity contribution in [1.29, 1.82) is 0 Å². The van der Waals surface area contributed by atoms with Gasteiger partial charge in [-0.25, -0.2) is 0 Å². The molecule has 2 rings (SSSR count). The van der Waals surface area contributed by atoms with E-state index in [1.807, 2.05) is 0 Å². The highest BCUT2D eigenvalue weighted by Crippen LogP contribution is 2.26. The molecule has 2 unspecified atom stereocenters. The molecule has 106 valence electrons. The summed E-state index contributed by atoms with van der Waals surface area (Å²) in [6.45, 7) is 6.90. The Kier molecular flexibility index (Phi) is 5.59. The first-order chi connectivity index (χ1) is 9.24. The molecule has 1 saturated heterocycles. The molecule has 2 nitrogen and oxygen atoms in total. The van der Waals surface area contributed by atoms with Gasteiger partial charge < -0.3 is 10.2 Å². The van der Waals surface area contributed by atoms with Gasteiger partial charge >= 0.3 is 0 Å². The molecule has 19 heavy (non-hydrogen) atoms. The van der Waals surface area contributed by atoms with Crippen molar-refractivity contribution in [3.05, 3.63) is 24.3 Å². The standard InChI is InChI=1S/C16H26N2S/c1-4-10-17-14-9-11-18(13(2)12-14)15-5-7-16(19-3)8-6-15/h5-8,13-14,17H,4,9-12H2,1-3H3. The molecular formula is C16H26N2S. The summed E-state index contributed by atoms with van der Waals surface area (Å²) in [6, 6.07) is 10.3. The quantitative estimate of drug-likeness (QED) is 0.826. The smallest absolute Gasteiger partial charge is 0.0369 e. The molecule has 1 aromatic rings. The SMILES string of the molecule is CCCNC1CCN(c2ccc(SC)cc2)C(C)C1. The van der Waals surface area contributed by atoms with E-state index in [0.717, 1.165) is 6.54 Å². The average Bonchev–Trinajstić information content (AvgIpc) is 2.45. The van der Waals surface area contributed by atoms with Crippen LogP contribution in [-0.2, 0) is 0 Å². The Balaban J connectivity index is 1.94. The van der Waals surface area contributed by atoms with E-state index in [1.165, 1.54) is 36.4 Å². The predicted octanol–water partition coefficient (Wildman–Crippen LogP) is 3.77. The summed E-state index contributed by atoms with van der Waals surface area (Å²) in [5.74, 6) is 0. The average molecular weight is 278 g/mol. The Labute approximate surface area is 122 Å². The van der Waals surface area contributed by atoms with Crippen molar-refractivity contribution in [2.75, 3.05) is 24.2 Å². The number of nitrogens with zero attached hydrogens (tertiary/aromatic N) is 1. The second-order valence-electron chi connectivity index (χ2n) is 5.42. The molecule has 0 saturated carbocycles. The number of piperidine rings is 1. The van der Waals surface area contributed by atoms with Crippen molar-refractivity contribution in [3.63, 3.8) is 0 Å². The maximum absolute atomic E-state index is 3.66. The summed E-state index contributed by atoms with van der Waals surface area (Å²) in [6.07, 6.45) is 5.87. The van der Waals surface area contributed by atoms with Gasteiger partial charge in [-0.3, -0.25) is 0 Å². The van der Waals surface area contributed by atoms with Gasteiger partial charge in [-0.2, -0.15) is 0 Å². The van der Waals surface area contributed by atoms with Crippen LogP contribution in [0.25, 0.3) is 0 Å². The van der Waals surface area contributed by atoms with Crippen LogP contribution in [0.15, 0.2) is 29.2 Å². The van der Waals surface area contributed by atoms with Gasteiger partial charge in [-0.05, 0) is 63.3 Å². The molecule has 1 aromatic carbocycles. The van der Waals surface area contributed by atoms with Crippen LogP contribution in [0.1, 0.15) is 33.1 Å². The lowest BCUT2D eigenvalue weighted by Gasteiger charge is -2.39. The topological polar surface area (TPSA) is 15.3 Å². The number of rotatable bonds is 5. The molecule has 3 heteroatoms. The van der Waals surface area contributed by atoms with Crippen molar-refractivity contribution in [3.8, 4) is 0 Å². The summed E-state index contributed by atoms with van der Waals surface area (Å²) in [5, 5.41) is 3.66. The third-order valence-corrected chi connectivity index (χ3v) is 4.71. The molecule has 0 spiro atoms. The minimum absolute atomic E-state index is 0.628. The van der Waals surface area contributed by atoms with Crippen molar-refractivity contribution in [2.45, 2.75) is 50.1 Å². The summed E-state index contributed by atoms with van der Waals surface area (Å²) < 4.78 is 0. The summed E-state index contributed by atoms with van der Waals surface area (Å²) >= 11 is 1.81. The Hall–Kier alpha value is -0.670. The van der Waals surface area contributed by atoms with Crippen molar-refractivity contribution in [2.24, 2.45) is 0 Å². The summed E-state index contributed by atoms with van der Waals surface area (Å²) in [5.41, 5.74) is 1.37. The molecule has 0 radical (unpaired) electrons. The first kappa shape index (κ1) is 14.7. The highest BCUT2D eigenvalue weighted by molar-refractivity contribution is 7.98. The summed E-state index contributed by atoms with van der Waals surface area (Å²) in [4.78, 5) is 3.89. The Morgan fingerprint density at radius 1 is 1.32 bits per heavy atom. The van der Waals surface area contributed by atoms with Crippen LogP contribution in [0.5, 0.6) is 0 Å². The molecule has 0 aromatic heterocycles. The van der Waals surface area contributed by atoms with Gasteiger partial charge in [0.25, 0.3) is 0 Å². The van der Waals surface area contributed by atoms with Crippen molar-refractivity contribution < 1.29 is 0 Å². The maximum Gasteiger partial charge on any atom is 0.0369 e. The second-order valence-corrected chi connectivity index (χ2v) is 6.30. The van der Waals surface area contributed by atoms with Crippen LogP contribution >= 0.6 is 11.8 Å².